The molecule has 5 nitrogen and oxygen atoms in total. The summed E-state index contributed by atoms with van der Waals surface area (Å²) in [5, 5.41) is 0.670. The average Bonchev–Trinajstić information content (AvgIpc) is 3.07. The molecule has 2 aromatic rings. The van der Waals surface area contributed by atoms with E-state index in [1.807, 2.05) is 35.6 Å². The monoisotopic (exact) mass is 367 g/mol. The summed E-state index contributed by atoms with van der Waals surface area (Å²) in [6, 6.07) is 5.80. The smallest absolute Gasteiger partial charge is 0.196 e. The van der Waals surface area contributed by atoms with Gasteiger partial charge in [-0.25, -0.2) is 4.98 Å². The molecule has 0 spiro atoms. The van der Waals surface area contributed by atoms with Gasteiger partial charge < -0.3 is 15.2 Å². The minimum absolute atomic E-state index is 0.0560. The van der Waals surface area contributed by atoms with Crippen LogP contribution < -0.4 is 10.6 Å². The number of aryl methyl sites for hydroxylation is 1. The predicted molar refractivity (Wildman–Crippen MR) is 88.8 cm³/mol. The lowest BCUT2D eigenvalue weighted by Gasteiger charge is -2.27. The molecule has 0 fully saturated rings. The van der Waals surface area contributed by atoms with Gasteiger partial charge >= 0.3 is 0 Å². The highest BCUT2D eigenvalue weighted by molar-refractivity contribution is 9.10. The van der Waals surface area contributed by atoms with Crippen molar-refractivity contribution in [2.75, 3.05) is 11.4 Å². The van der Waals surface area contributed by atoms with Crippen molar-refractivity contribution in [2.45, 2.75) is 19.5 Å². The maximum Gasteiger partial charge on any atom is 0.196 e. The Morgan fingerprint density at radius 3 is 3.00 bits per heavy atom. The number of benzene rings is 1. The molecular weight excluding hydrogens is 354 g/mol. The molecule has 110 valence electrons. The number of anilines is 1. The van der Waals surface area contributed by atoms with E-state index >= 15 is 0 Å². The summed E-state index contributed by atoms with van der Waals surface area (Å²) < 4.78 is 2.95. The van der Waals surface area contributed by atoms with Gasteiger partial charge in [-0.2, -0.15) is 0 Å². The normalized spacial score (nSPS) is 18.1. The molecule has 1 aliphatic heterocycles. The van der Waals surface area contributed by atoms with Crippen LogP contribution >= 0.6 is 27.5 Å². The molecule has 0 amide bonds. The zero-order chi connectivity index (χ0) is 15.0. The number of halogens is 2. The molecule has 2 N–H and O–H groups in total. The van der Waals surface area contributed by atoms with Gasteiger partial charge in [0, 0.05) is 16.7 Å². The van der Waals surface area contributed by atoms with Crippen LogP contribution in [0, 0.1) is 0 Å². The van der Waals surface area contributed by atoms with Crippen LogP contribution in [0.2, 0.25) is 5.02 Å². The van der Waals surface area contributed by atoms with Gasteiger partial charge in [-0.05, 0) is 41.1 Å². The molecule has 7 heteroatoms. The lowest BCUT2D eigenvalue weighted by Crippen LogP contribution is -2.36. The molecule has 0 bridgehead atoms. The molecule has 0 saturated carbocycles. The number of guanidine groups is 1. The SMILES string of the molecule is CCn1cncc1C1CN=C(N)N1c1ccc(Cl)c(Br)c1. The van der Waals surface area contributed by atoms with E-state index in [0.717, 1.165) is 22.4 Å². The fraction of sp³-hybridized carbons (Fsp3) is 0.286. The van der Waals surface area contributed by atoms with Crippen LogP contribution in [0.1, 0.15) is 18.7 Å². The number of hydrogen-bond donors (Lipinski definition) is 1. The summed E-state index contributed by atoms with van der Waals surface area (Å²) >= 11 is 9.52. The molecule has 0 aliphatic carbocycles. The van der Waals surface area contributed by atoms with E-state index in [4.69, 9.17) is 17.3 Å². The first-order valence-corrected chi connectivity index (χ1v) is 7.83. The summed E-state index contributed by atoms with van der Waals surface area (Å²) in [7, 11) is 0. The molecule has 21 heavy (non-hydrogen) atoms. The second-order valence-corrected chi connectivity index (χ2v) is 6.05. The maximum absolute atomic E-state index is 6.09. The molecule has 2 heterocycles. The highest BCUT2D eigenvalue weighted by Gasteiger charge is 2.31. The Hall–Kier alpha value is -1.53. The highest BCUT2D eigenvalue weighted by Crippen LogP contribution is 2.34. The molecule has 1 unspecified atom stereocenters. The van der Waals surface area contributed by atoms with E-state index in [1.54, 1.807) is 0 Å². The molecule has 1 aliphatic rings. The second-order valence-electron chi connectivity index (χ2n) is 4.79. The highest BCUT2D eigenvalue weighted by atomic mass is 79.9. The van der Waals surface area contributed by atoms with E-state index < -0.39 is 0 Å². The average molecular weight is 369 g/mol. The van der Waals surface area contributed by atoms with Gasteiger partial charge in [-0.3, -0.25) is 4.99 Å². The predicted octanol–water partition coefficient (Wildman–Crippen LogP) is 3.19. The van der Waals surface area contributed by atoms with Gasteiger partial charge in [0.05, 0.1) is 35.8 Å². The number of nitrogens with zero attached hydrogens (tertiary/aromatic N) is 4. The summed E-state index contributed by atoms with van der Waals surface area (Å²) in [5.41, 5.74) is 8.15. The lowest BCUT2D eigenvalue weighted by molar-refractivity contribution is 0.643. The molecular formula is C14H15BrClN5. The number of hydrogen-bond acceptors (Lipinski definition) is 4. The van der Waals surface area contributed by atoms with Crippen LogP contribution in [0.15, 0.2) is 40.2 Å². The third kappa shape index (κ3) is 2.53. The van der Waals surface area contributed by atoms with Crippen molar-refractivity contribution in [1.82, 2.24) is 9.55 Å². The van der Waals surface area contributed by atoms with Gasteiger partial charge in [0.25, 0.3) is 0 Å². The van der Waals surface area contributed by atoms with E-state index in [0.29, 0.717) is 17.5 Å². The van der Waals surface area contributed by atoms with Crippen molar-refractivity contribution in [3.63, 3.8) is 0 Å². The molecule has 3 rings (SSSR count). The van der Waals surface area contributed by atoms with Crippen LogP contribution in [-0.4, -0.2) is 22.1 Å². The van der Waals surface area contributed by atoms with Crippen molar-refractivity contribution in [2.24, 2.45) is 10.7 Å². The van der Waals surface area contributed by atoms with Gasteiger partial charge in [0.2, 0.25) is 0 Å². The van der Waals surface area contributed by atoms with Gasteiger partial charge in [-0.15, -0.1) is 0 Å². The van der Waals surface area contributed by atoms with E-state index in [9.17, 15) is 0 Å². The van der Waals surface area contributed by atoms with E-state index in [-0.39, 0.29) is 6.04 Å². The molecule has 1 atom stereocenters. The van der Waals surface area contributed by atoms with Gasteiger partial charge in [-0.1, -0.05) is 11.6 Å². The van der Waals surface area contributed by atoms with Crippen molar-refractivity contribution < 1.29 is 0 Å². The third-order valence-electron chi connectivity index (χ3n) is 3.59. The summed E-state index contributed by atoms with van der Waals surface area (Å²) in [6.45, 7) is 3.58. The summed E-state index contributed by atoms with van der Waals surface area (Å²) in [4.78, 5) is 10.6. The van der Waals surface area contributed by atoms with Crippen molar-refractivity contribution in [3.05, 3.63) is 45.9 Å². The fourth-order valence-corrected chi connectivity index (χ4v) is 3.03. The van der Waals surface area contributed by atoms with E-state index in [1.165, 1.54) is 0 Å². The standard InChI is InChI=1S/C14H15BrClN5/c1-2-20-8-18-6-12(20)13-7-19-14(17)21(13)9-3-4-11(16)10(15)5-9/h3-6,8,13H,2,7H2,1H3,(H2,17,19). The molecule has 0 saturated heterocycles. The van der Waals surface area contributed by atoms with Crippen LogP contribution in [-0.2, 0) is 6.54 Å². The van der Waals surface area contributed by atoms with Crippen LogP contribution in [0.5, 0.6) is 0 Å². The first kappa shape index (κ1) is 14.4. The largest absolute Gasteiger partial charge is 0.369 e. The Kier molecular flexibility index (Phi) is 3.91. The first-order valence-electron chi connectivity index (χ1n) is 6.66. The minimum atomic E-state index is 0.0560. The fourth-order valence-electron chi connectivity index (χ4n) is 2.54. The summed E-state index contributed by atoms with van der Waals surface area (Å²) in [5.74, 6) is 0.512. The van der Waals surface area contributed by atoms with Crippen molar-refractivity contribution >= 4 is 39.2 Å². The number of nitrogens with two attached hydrogens (primary N) is 1. The van der Waals surface area contributed by atoms with Crippen molar-refractivity contribution in [1.29, 1.82) is 0 Å². The second kappa shape index (κ2) is 5.69. The zero-order valence-electron chi connectivity index (χ0n) is 11.5. The Balaban J connectivity index is 2.01. The van der Waals surface area contributed by atoms with Gasteiger partial charge in [0.15, 0.2) is 5.96 Å². The van der Waals surface area contributed by atoms with Gasteiger partial charge in [0.1, 0.15) is 0 Å². The maximum atomic E-state index is 6.09. The molecule has 0 radical (unpaired) electrons. The zero-order valence-corrected chi connectivity index (χ0v) is 13.8. The van der Waals surface area contributed by atoms with Crippen LogP contribution in [0.3, 0.4) is 0 Å². The Morgan fingerprint density at radius 1 is 1.48 bits per heavy atom. The van der Waals surface area contributed by atoms with Crippen LogP contribution in [0.4, 0.5) is 5.69 Å². The topological polar surface area (TPSA) is 59.4 Å². The number of imidazole rings is 1. The lowest BCUT2D eigenvalue weighted by atomic mass is 10.1. The number of aliphatic imine (C=N–C) groups is 1. The first-order chi connectivity index (χ1) is 10.1. The third-order valence-corrected chi connectivity index (χ3v) is 4.81. The number of aromatic nitrogens is 2. The van der Waals surface area contributed by atoms with E-state index in [2.05, 4.69) is 37.4 Å². The summed E-state index contributed by atoms with van der Waals surface area (Å²) in [6.07, 6.45) is 3.71. The Bertz CT molecular complexity index is 696. The Labute approximate surface area is 136 Å². The molecule has 1 aromatic heterocycles. The van der Waals surface area contributed by atoms with Crippen LogP contribution in [0.25, 0.3) is 0 Å². The Morgan fingerprint density at radius 2 is 2.29 bits per heavy atom. The number of rotatable bonds is 3. The quantitative estimate of drug-likeness (QED) is 0.905. The minimum Gasteiger partial charge on any atom is -0.369 e. The molecule has 1 aromatic carbocycles. The van der Waals surface area contributed by atoms with Crippen molar-refractivity contribution in [3.8, 4) is 0 Å².